The van der Waals surface area contributed by atoms with Gasteiger partial charge in [-0.3, -0.25) is 14.1 Å². The van der Waals surface area contributed by atoms with Crippen LogP contribution in [0.2, 0.25) is 0 Å². The third kappa shape index (κ3) is 5.58. The largest absolute Gasteiger partial charge is 0.352 e. The summed E-state index contributed by atoms with van der Waals surface area (Å²) >= 11 is 0. The van der Waals surface area contributed by atoms with Crippen molar-refractivity contribution in [3.63, 3.8) is 0 Å². The van der Waals surface area contributed by atoms with Crippen molar-refractivity contribution in [1.29, 1.82) is 5.26 Å². The number of hydrogen-bond donors (Lipinski definition) is 1. The number of hydrogen-bond acceptors (Lipinski definition) is 5. The fourth-order valence-electron chi connectivity index (χ4n) is 2.21. The van der Waals surface area contributed by atoms with Crippen molar-refractivity contribution in [2.45, 2.75) is 13.0 Å². The van der Waals surface area contributed by atoms with Gasteiger partial charge in [-0.25, -0.2) is 8.42 Å². The van der Waals surface area contributed by atoms with Crippen LogP contribution < -0.4 is 9.62 Å². The van der Waals surface area contributed by atoms with Crippen molar-refractivity contribution in [3.8, 4) is 6.07 Å². The number of aromatic nitrogens is 1. The molecule has 1 aromatic carbocycles. The van der Waals surface area contributed by atoms with Gasteiger partial charge in [0.25, 0.3) is 0 Å². The van der Waals surface area contributed by atoms with Crippen molar-refractivity contribution in [3.05, 3.63) is 59.9 Å². The van der Waals surface area contributed by atoms with Gasteiger partial charge in [-0.2, -0.15) is 5.26 Å². The van der Waals surface area contributed by atoms with E-state index in [0.717, 1.165) is 16.1 Å². The highest BCUT2D eigenvalue weighted by Gasteiger charge is 2.19. The molecule has 1 amide bonds. The first-order chi connectivity index (χ1) is 11.9. The maximum atomic E-state index is 12.0. The second-order valence-electron chi connectivity index (χ2n) is 5.39. The van der Waals surface area contributed by atoms with E-state index in [9.17, 15) is 13.2 Å². The number of carbonyl (C=O) groups excluding carboxylic acids is 1. The van der Waals surface area contributed by atoms with E-state index in [1.54, 1.807) is 36.7 Å². The number of benzene rings is 1. The Hall–Kier alpha value is -2.92. The quantitative estimate of drug-likeness (QED) is 0.806. The van der Waals surface area contributed by atoms with Gasteiger partial charge in [0.15, 0.2) is 0 Å². The highest BCUT2D eigenvalue weighted by atomic mass is 32.2. The summed E-state index contributed by atoms with van der Waals surface area (Å²) in [5.41, 5.74) is 1.58. The maximum absolute atomic E-state index is 12.0. The van der Waals surface area contributed by atoms with Gasteiger partial charge in [0.2, 0.25) is 15.9 Å². The van der Waals surface area contributed by atoms with Gasteiger partial charge in [0.05, 0.1) is 23.6 Å². The number of pyridine rings is 1. The lowest BCUT2D eigenvalue weighted by molar-refractivity contribution is -0.121. The second-order valence-corrected chi connectivity index (χ2v) is 7.29. The van der Waals surface area contributed by atoms with E-state index >= 15 is 0 Å². The lowest BCUT2D eigenvalue weighted by Gasteiger charge is -2.22. The summed E-state index contributed by atoms with van der Waals surface area (Å²) < 4.78 is 25.2. The highest BCUT2D eigenvalue weighted by Crippen LogP contribution is 2.19. The predicted molar refractivity (Wildman–Crippen MR) is 94.0 cm³/mol. The average molecular weight is 358 g/mol. The summed E-state index contributed by atoms with van der Waals surface area (Å²) in [6.45, 7) is 0.321. The van der Waals surface area contributed by atoms with Gasteiger partial charge in [0.1, 0.15) is 0 Å². The number of amides is 1. The van der Waals surface area contributed by atoms with Crippen LogP contribution in [-0.2, 0) is 21.4 Å². The molecule has 0 unspecified atom stereocenters. The van der Waals surface area contributed by atoms with Crippen LogP contribution in [-0.4, -0.2) is 32.1 Å². The first kappa shape index (κ1) is 18.4. The summed E-state index contributed by atoms with van der Waals surface area (Å²) in [4.78, 5) is 16.0. The van der Waals surface area contributed by atoms with Gasteiger partial charge < -0.3 is 5.32 Å². The van der Waals surface area contributed by atoms with Crippen molar-refractivity contribution in [2.75, 3.05) is 17.1 Å². The second kappa shape index (κ2) is 8.26. The Bertz CT molecular complexity index is 876. The van der Waals surface area contributed by atoms with E-state index in [-0.39, 0.29) is 18.9 Å². The Labute approximate surface area is 147 Å². The van der Waals surface area contributed by atoms with E-state index in [2.05, 4.69) is 10.3 Å². The summed E-state index contributed by atoms with van der Waals surface area (Å²) in [7, 11) is -3.57. The molecule has 0 aliphatic heterocycles. The van der Waals surface area contributed by atoms with E-state index < -0.39 is 10.0 Å². The van der Waals surface area contributed by atoms with E-state index in [4.69, 9.17) is 5.26 Å². The number of sulfonamides is 1. The Kier molecular flexibility index (Phi) is 6.08. The molecule has 2 rings (SSSR count). The third-order valence-electron chi connectivity index (χ3n) is 3.42. The van der Waals surface area contributed by atoms with Gasteiger partial charge in [-0.05, 0) is 29.8 Å². The topological polar surface area (TPSA) is 103 Å². The molecule has 1 aromatic heterocycles. The van der Waals surface area contributed by atoms with Gasteiger partial charge >= 0.3 is 0 Å². The Balaban J connectivity index is 2.01. The Morgan fingerprint density at radius 3 is 2.76 bits per heavy atom. The van der Waals surface area contributed by atoms with Crippen LogP contribution >= 0.6 is 0 Å². The maximum Gasteiger partial charge on any atom is 0.232 e. The molecular formula is C17H18N4O3S. The van der Waals surface area contributed by atoms with Crippen molar-refractivity contribution in [1.82, 2.24) is 10.3 Å². The molecule has 1 N–H and O–H groups in total. The first-order valence-corrected chi connectivity index (χ1v) is 9.38. The van der Waals surface area contributed by atoms with Crippen molar-refractivity contribution < 1.29 is 13.2 Å². The Morgan fingerprint density at radius 2 is 2.12 bits per heavy atom. The van der Waals surface area contributed by atoms with E-state index in [1.807, 2.05) is 12.1 Å². The molecule has 0 spiro atoms. The van der Waals surface area contributed by atoms with Gasteiger partial charge in [-0.1, -0.05) is 12.1 Å². The fraction of sp³-hybridized carbons (Fsp3) is 0.235. The van der Waals surface area contributed by atoms with Crippen LogP contribution in [0.15, 0.2) is 48.8 Å². The number of rotatable bonds is 7. The monoisotopic (exact) mass is 358 g/mol. The molecule has 25 heavy (non-hydrogen) atoms. The molecule has 0 bridgehead atoms. The molecule has 0 atom stereocenters. The molecule has 0 fully saturated rings. The van der Waals surface area contributed by atoms with Gasteiger partial charge in [0, 0.05) is 31.9 Å². The standard InChI is InChI=1S/C17H18N4O3S/c1-25(23,24)21(16-6-2-4-14(10-16)11-18)9-7-17(22)20-13-15-5-3-8-19-12-15/h2-6,8,10,12H,7,9,13H2,1H3,(H,20,22). The number of nitrogens with one attached hydrogen (secondary N) is 1. The lowest BCUT2D eigenvalue weighted by Crippen LogP contribution is -2.34. The minimum absolute atomic E-state index is 0.00408. The molecule has 130 valence electrons. The van der Waals surface area contributed by atoms with Crippen molar-refractivity contribution in [2.24, 2.45) is 0 Å². The smallest absolute Gasteiger partial charge is 0.232 e. The van der Waals surface area contributed by atoms with Crippen LogP contribution in [0, 0.1) is 11.3 Å². The summed E-state index contributed by atoms with van der Waals surface area (Å²) in [6, 6.07) is 11.8. The molecular weight excluding hydrogens is 340 g/mol. The summed E-state index contributed by atoms with van der Waals surface area (Å²) in [5, 5.41) is 11.7. The first-order valence-electron chi connectivity index (χ1n) is 7.53. The molecule has 2 aromatic rings. The average Bonchev–Trinajstić information content (AvgIpc) is 2.60. The summed E-state index contributed by atoms with van der Waals surface area (Å²) in [6.07, 6.45) is 4.37. The van der Waals surface area contributed by atoms with E-state index in [1.165, 1.54) is 6.07 Å². The fourth-order valence-corrected chi connectivity index (χ4v) is 3.13. The lowest BCUT2D eigenvalue weighted by atomic mass is 10.2. The molecule has 7 nitrogen and oxygen atoms in total. The zero-order chi connectivity index (χ0) is 18.3. The molecule has 1 heterocycles. The van der Waals surface area contributed by atoms with Crippen LogP contribution in [0.5, 0.6) is 0 Å². The van der Waals surface area contributed by atoms with Gasteiger partial charge in [-0.15, -0.1) is 0 Å². The van der Waals surface area contributed by atoms with Crippen molar-refractivity contribution >= 4 is 21.6 Å². The third-order valence-corrected chi connectivity index (χ3v) is 4.61. The minimum Gasteiger partial charge on any atom is -0.352 e. The molecule has 0 radical (unpaired) electrons. The molecule has 0 saturated heterocycles. The summed E-state index contributed by atoms with van der Waals surface area (Å²) in [5.74, 6) is -0.269. The number of nitriles is 1. The molecule has 0 aliphatic rings. The number of anilines is 1. The SMILES string of the molecule is CS(=O)(=O)N(CCC(=O)NCc1cccnc1)c1cccc(C#N)c1. The Morgan fingerprint density at radius 1 is 1.32 bits per heavy atom. The normalized spacial score (nSPS) is 10.7. The number of nitrogens with zero attached hydrogens (tertiary/aromatic N) is 3. The molecule has 0 saturated carbocycles. The highest BCUT2D eigenvalue weighted by molar-refractivity contribution is 7.92. The van der Waals surface area contributed by atoms with Crippen LogP contribution in [0.25, 0.3) is 0 Å². The van der Waals surface area contributed by atoms with E-state index in [0.29, 0.717) is 17.8 Å². The van der Waals surface area contributed by atoms with Crippen LogP contribution in [0.1, 0.15) is 17.5 Å². The molecule has 0 aliphatic carbocycles. The zero-order valence-corrected chi connectivity index (χ0v) is 14.5. The molecule has 8 heteroatoms. The zero-order valence-electron chi connectivity index (χ0n) is 13.7. The number of carbonyl (C=O) groups is 1. The predicted octanol–water partition coefficient (Wildman–Crippen LogP) is 1.43. The van der Waals surface area contributed by atoms with Crippen LogP contribution in [0.3, 0.4) is 0 Å². The minimum atomic E-state index is -3.57. The van der Waals surface area contributed by atoms with Crippen LogP contribution in [0.4, 0.5) is 5.69 Å².